The minimum absolute atomic E-state index is 0.183. The molecule has 0 radical (unpaired) electrons. The van der Waals surface area contributed by atoms with Crippen molar-refractivity contribution in [2.45, 2.75) is 0 Å². The Hall–Kier alpha value is -4.56. The van der Waals surface area contributed by atoms with E-state index in [4.69, 9.17) is 31.2 Å². The van der Waals surface area contributed by atoms with Gasteiger partial charge in [-0.2, -0.15) is 0 Å². The van der Waals surface area contributed by atoms with Gasteiger partial charge in [0, 0.05) is 11.3 Å². The van der Waals surface area contributed by atoms with E-state index in [-0.39, 0.29) is 11.0 Å². The van der Waals surface area contributed by atoms with E-state index in [1.165, 1.54) is 0 Å². The molecule has 0 aliphatic rings. The summed E-state index contributed by atoms with van der Waals surface area (Å²) in [4.78, 5) is 12.7. The minimum atomic E-state index is -0.341. The summed E-state index contributed by atoms with van der Waals surface area (Å²) in [5.41, 5.74) is 1.15. The van der Waals surface area contributed by atoms with Gasteiger partial charge < -0.3 is 24.3 Å². The third-order valence-corrected chi connectivity index (χ3v) is 5.37. The lowest BCUT2D eigenvalue weighted by molar-refractivity contribution is 0.0977. The molecule has 0 bridgehead atoms. The maximum atomic E-state index is 12.7. The van der Waals surface area contributed by atoms with E-state index in [1.54, 1.807) is 24.3 Å². The third-order valence-electron chi connectivity index (χ3n) is 5.16. The van der Waals surface area contributed by atoms with Crippen molar-refractivity contribution in [2.75, 3.05) is 31.7 Å². The zero-order valence-corrected chi connectivity index (χ0v) is 21.5. The Labute approximate surface area is 227 Å². The fourth-order valence-electron chi connectivity index (χ4n) is 3.37. The molecule has 0 fully saturated rings. The first-order chi connectivity index (χ1) is 18.7. The summed E-state index contributed by atoms with van der Waals surface area (Å²) < 4.78 is 22.7. The van der Waals surface area contributed by atoms with E-state index in [0.717, 1.165) is 17.2 Å². The molecule has 0 saturated carbocycles. The van der Waals surface area contributed by atoms with E-state index in [0.29, 0.717) is 43.5 Å². The van der Waals surface area contributed by atoms with Gasteiger partial charge in [-0.1, -0.05) is 42.5 Å². The monoisotopic (exact) mass is 528 g/mol. The summed E-state index contributed by atoms with van der Waals surface area (Å²) in [5, 5.41) is 5.87. The number of hydrogen-bond donors (Lipinski definition) is 2. The van der Waals surface area contributed by atoms with Crippen LogP contribution in [0, 0.1) is 0 Å². The zero-order chi connectivity index (χ0) is 26.4. The molecule has 1 amide bonds. The Morgan fingerprint density at radius 1 is 0.579 bits per heavy atom. The van der Waals surface area contributed by atoms with Crippen molar-refractivity contribution in [3.8, 4) is 23.0 Å². The SMILES string of the molecule is O=C(NC(=S)Nc1ccc(OCCOc2ccccc2)cc1)c1cccc(OCCOc2ccccc2)c1. The molecule has 38 heavy (non-hydrogen) atoms. The average Bonchev–Trinajstić information content (AvgIpc) is 2.95. The molecule has 2 N–H and O–H groups in total. The van der Waals surface area contributed by atoms with Crippen LogP contribution in [0.4, 0.5) is 5.69 Å². The normalized spacial score (nSPS) is 10.2. The minimum Gasteiger partial charge on any atom is -0.490 e. The lowest BCUT2D eigenvalue weighted by Gasteiger charge is -2.12. The van der Waals surface area contributed by atoms with Gasteiger partial charge in [0.05, 0.1) is 0 Å². The van der Waals surface area contributed by atoms with Crippen molar-refractivity contribution in [1.29, 1.82) is 0 Å². The van der Waals surface area contributed by atoms with Crippen molar-refractivity contribution in [3.63, 3.8) is 0 Å². The van der Waals surface area contributed by atoms with Crippen LogP contribution in [-0.2, 0) is 0 Å². The maximum absolute atomic E-state index is 12.7. The fraction of sp³-hybridized carbons (Fsp3) is 0.133. The van der Waals surface area contributed by atoms with Gasteiger partial charge in [0.25, 0.3) is 5.91 Å². The highest BCUT2D eigenvalue weighted by molar-refractivity contribution is 7.80. The second-order valence-corrected chi connectivity index (χ2v) is 8.39. The van der Waals surface area contributed by atoms with E-state index >= 15 is 0 Å². The summed E-state index contributed by atoms with van der Waals surface area (Å²) >= 11 is 5.30. The fourth-order valence-corrected chi connectivity index (χ4v) is 3.58. The van der Waals surface area contributed by atoms with Gasteiger partial charge in [0.15, 0.2) is 5.11 Å². The van der Waals surface area contributed by atoms with Crippen molar-refractivity contribution in [1.82, 2.24) is 5.32 Å². The summed E-state index contributed by atoms with van der Waals surface area (Å²) in [7, 11) is 0. The molecule has 194 valence electrons. The molecule has 4 aromatic carbocycles. The molecule has 0 spiro atoms. The Morgan fingerprint density at radius 2 is 1.05 bits per heavy atom. The second kappa shape index (κ2) is 14.2. The number of nitrogens with one attached hydrogen (secondary N) is 2. The van der Waals surface area contributed by atoms with Gasteiger partial charge in [-0.15, -0.1) is 0 Å². The number of benzene rings is 4. The van der Waals surface area contributed by atoms with E-state index in [1.807, 2.05) is 84.9 Å². The molecule has 0 saturated heterocycles. The number of para-hydroxylation sites is 2. The predicted molar refractivity (Wildman–Crippen MR) is 151 cm³/mol. The second-order valence-electron chi connectivity index (χ2n) is 7.98. The van der Waals surface area contributed by atoms with Gasteiger partial charge in [0.2, 0.25) is 0 Å². The van der Waals surface area contributed by atoms with Crippen LogP contribution in [0.3, 0.4) is 0 Å². The molecule has 0 aliphatic carbocycles. The summed E-state index contributed by atoms with van der Waals surface area (Å²) in [6.45, 7) is 1.59. The van der Waals surface area contributed by atoms with E-state index in [9.17, 15) is 4.79 Å². The summed E-state index contributed by atoms with van der Waals surface area (Å²) in [5.74, 6) is 2.51. The van der Waals surface area contributed by atoms with Gasteiger partial charge in [0.1, 0.15) is 49.4 Å². The third kappa shape index (κ3) is 8.83. The number of rotatable bonds is 12. The molecule has 0 heterocycles. The molecule has 0 unspecified atom stereocenters. The number of amides is 1. The van der Waals surface area contributed by atoms with Crippen molar-refractivity contribution >= 4 is 28.9 Å². The highest BCUT2D eigenvalue weighted by Gasteiger charge is 2.09. The van der Waals surface area contributed by atoms with Gasteiger partial charge in [-0.25, -0.2) is 0 Å². The highest BCUT2D eigenvalue weighted by Crippen LogP contribution is 2.17. The number of thiocarbonyl (C=S) groups is 1. The van der Waals surface area contributed by atoms with Crippen LogP contribution in [0.25, 0.3) is 0 Å². The number of carbonyl (C=O) groups is 1. The number of carbonyl (C=O) groups excluding carboxylic acids is 1. The Kier molecular flexibility index (Phi) is 9.94. The molecule has 7 nitrogen and oxygen atoms in total. The topological polar surface area (TPSA) is 78.1 Å². The van der Waals surface area contributed by atoms with Crippen LogP contribution in [0.1, 0.15) is 10.4 Å². The molecular weight excluding hydrogens is 500 g/mol. The smallest absolute Gasteiger partial charge is 0.257 e. The lowest BCUT2D eigenvalue weighted by atomic mass is 10.2. The van der Waals surface area contributed by atoms with Crippen molar-refractivity contribution in [2.24, 2.45) is 0 Å². The highest BCUT2D eigenvalue weighted by atomic mass is 32.1. The van der Waals surface area contributed by atoms with E-state index < -0.39 is 0 Å². The molecule has 8 heteroatoms. The number of ether oxygens (including phenoxy) is 4. The van der Waals surface area contributed by atoms with Gasteiger partial charge >= 0.3 is 0 Å². The predicted octanol–water partition coefficient (Wildman–Crippen LogP) is 5.73. The summed E-state index contributed by atoms with van der Waals surface area (Å²) in [6, 6.07) is 33.3. The number of anilines is 1. The number of hydrogen-bond acceptors (Lipinski definition) is 6. The van der Waals surface area contributed by atoms with Crippen LogP contribution < -0.4 is 29.6 Å². The van der Waals surface area contributed by atoms with Crippen LogP contribution in [0.2, 0.25) is 0 Å². The molecule has 0 atom stereocenters. The van der Waals surface area contributed by atoms with Crippen LogP contribution >= 0.6 is 12.2 Å². The first-order valence-corrected chi connectivity index (χ1v) is 12.5. The quantitative estimate of drug-likeness (QED) is 0.180. The standard InChI is InChI=1S/C30H28N2O5S/c33-29(23-8-7-13-28(22-23)37-21-20-35-26-11-5-2-6-12-26)32-30(38)31-24-14-16-27(17-15-24)36-19-18-34-25-9-3-1-4-10-25/h1-17,22H,18-21H2,(H2,31,32,33,38). The average molecular weight is 529 g/mol. The summed E-state index contributed by atoms with van der Waals surface area (Å²) in [6.07, 6.45) is 0. The largest absolute Gasteiger partial charge is 0.490 e. The van der Waals surface area contributed by atoms with Crippen LogP contribution in [0.15, 0.2) is 109 Å². The first-order valence-electron chi connectivity index (χ1n) is 12.1. The molecular formula is C30H28N2O5S. The molecule has 0 aliphatic heterocycles. The molecule has 0 aromatic heterocycles. The van der Waals surface area contributed by atoms with Gasteiger partial charge in [-0.05, 0) is 78.9 Å². The van der Waals surface area contributed by atoms with E-state index in [2.05, 4.69) is 10.6 Å². The zero-order valence-electron chi connectivity index (χ0n) is 20.7. The van der Waals surface area contributed by atoms with Crippen LogP contribution in [-0.4, -0.2) is 37.4 Å². The van der Waals surface area contributed by atoms with Gasteiger partial charge in [-0.3, -0.25) is 10.1 Å². The van der Waals surface area contributed by atoms with Crippen molar-refractivity contribution < 1.29 is 23.7 Å². The Morgan fingerprint density at radius 3 is 1.61 bits per heavy atom. The first kappa shape index (κ1) is 26.5. The Bertz CT molecular complexity index is 1300. The Balaban J connectivity index is 1.17. The molecule has 4 rings (SSSR count). The van der Waals surface area contributed by atoms with Crippen LogP contribution in [0.5, 0.6) is 23.0 Å². The lowest BCUT2D eigenvalue weighted by Crippen LogP contribution is -2.34. The van der Waals surface area contributed by atoms with Crippen molar-refractivity contribution in [3.05, 3.63) is 115 Å². The molecule has 4 aromatic rings. The maximum Gasteiger partial charge on any atom is 0.257 e.